The van der Waals surface area contributed by atoms with Crippen molar-refractivity contribution < 1.29 is 9.59 Å². The summed E-state index contributed by atoms with van der Waals surface area (Å²) in [5.74, 6) is 0.0117. The van der Waals surface area contributed by atoms with E-state index in [1.807, 2.05) is 18.2 Å². The Morgan fingerprint density at radius 1 is 1.29 bits per heavy atom. The molecule has 2 fully saturated rings. The lowest BCUT2D eigenvalue weighted by Gasteiger charge is -2.21. The van der Waals surface area contributed by atoms with Crippen LogP contribution in [0.4, 0.5) is 0 Å². The molecule has 0 unspecified atom stereocenters. The SMILES string of the molecule is CCN(CC)CCCNC(=O)[C@@H]1C[C@]2(CCN(Cc3ccccc3)C2)C(=O)N1. The molecule has 0 bridgehead atoms. The lowest BCUT2D eigenvalue weighted by atomic mass is 9.84. The largest absolute Gasteiger partial charge is 0.354 e. The van der Waals surface area contributed by atoms with Gasteiger partial charge in [0.25, 0.3) is 0 Å². The molecule has 2 N–H and O–H groups in total. The van der Waals surface area contributed by atoms with E-state index < -0.39 is 11.5 Å². The number of benzene rings is 1. The van der Waals surface area contributed by atoms with Crippen LogP contribution in [0, 0.1) is 5.41 Å². The van der Waals surface area contributed by atoms with E-state index in [0.29, 0.717) is 13.0 Å². The van der Waals surface area contributed by atoms with Crippen LogP contribution >= 0.6 is 0 Å². The first-order valence-electron chi connectivity index (χ1n) is 10.6. The van der Waals surface area contributed by atoms with Gasteiger partial charge in [0.15, 0.2) is 0 Å². The van der Waals surface area contributed by atoms with E-state index in [1.165, 1.54) is 5.56 Å². The van der Waals surface area contributed by atoms with E-state index in [2.05, 4.69) is 46.4 Å². The lowest BCUT2D eigenvalue weighted by Crippen LogP contribution is -2.42. The molecule has 2 heterocycles. The van der Waals surface area contributed by atoms with Crippen molar-refractivity contribution in [1.29, 1.82) is 0 Å². The zero-order valence-corrected chi connectivity index (χ0v) is 17.2. The minimum absolute atomic E-state index is 0.0359. The summed E-state index contributed by atoms with van der Waals surface area (Å²) in [6, 6.07) is 9.96. The Morgan fingerprint density at radius 3 is 2.75 bits per heavy atom. The van der Waals surface area contributed by atoms with Gasteiger partial charge in [-0.2, -0.15) is 0 Å². The number of hydrogen-bond acceptors (Lipinski definition) is 4. The van der Waals surface area contributed by atoms with Crippen LogP contribution in [-0.4, -0.2) is 66.9 Å². The highest BCUT2D eigenvalue weighted by atomic mass is 16.2. The van der Waals surface area contributed by atoms with E-state index in [0.717, 1.165) is 52.1 Å². The van der Waals surface area contributed by atoms with E-state index in [1.54, 1.807) is 0 Å². The molecule has 1 spiro atoms. The Balaban J connectivity index is 1.46. The molecule has 6 heteroatoms. The standard InChI is InChI=1S/C22H34N4O2/c1-3-25(4-2)13-8-12-23-20(27)19-15-22(21(28)24-19)11-14-26(17-22)16-18-9-6-5-7-10-18/h5-7,9-10,19H,3-4,8,11-17H2,1-2H3,(H,23,27)(H,24,28)/t19-,22-/m0/s1. The summed E-state index contributed by atoms with van der Waals surface area (Å²) in [4.78, 5) is 29.9. The van der Waals surface area contributed by atoms with Gasteiger partial charge in [-0.3, -0.25) is 14.5 Å². The number of likely N-dealkylation sites (tertiary alicyclic amines) is 1. The fraction of sp³-hybridized carbons (Fsp3) is 0.636. The van der Waals surface area contributed by atoms with E-state index in [-0.39, 0.29) is 11.8 Å². The lowest BCUT2D eigenvalue weighted by molar-refractivity contribution is -0.128. The smallest absolute Gasteiger partial charge is 0.242 e. The van der Waals surface area contributed by atoms with E-state index in [9.17, 15) is 9.59 Å². The normalized spacial score (nSPS) is 24.8. The maximum atomic E-state index is 12.7. The van der Waals surface area contributed by atoms with Gasteiger partial charge in [0.1, 0.15) is 6.04 Å². The van der Waals surface area contributed by atoms with Gasteiger partial charge in [0, 0.05) is 19.6 Å². The second-order valence-corrected chi connectivity index (χ2v) is 8.13. The summed E-state index contributed by atoms with van der Waals surface area (Å²) in [6.45, 7) is 10.5. The molecule has 1 aromatic carbocycles. The number of nitrogens with zero attached hydrogens (tertiary/aromatic N) is 2. The zero-order valence-electron chi connectivity index (χ0n) is 17.2. The minimum atomic E-state index is -0.405. The number of hydrogen-bond donors (Lipinski definition) is 2. The van der Waals surface area contributed by atoms with Gasteiger partial charge >= 0.3 is 0 Å². The highest BCUT2D eigenvalue weighted by Gasteiger charge is 2.52. The molecule has 2 amide bonds. The van der Waals surface area contributed by atoms with Crippen molar-refractivity contribution in [2.45, 2.75) is 45.7 Å². The number of carbonyl (C=O) groups is 2. The van der Waals surface area contributed by atoms with Gasteiger partial charge < -0.3 is 15.5 Å². The van der Waals surface area contributed by atoms with Crippen molar-refractivity contribution in [2.24, 2.45) is 5.41 Å². The Bertz CT molecular complexity index is 662. The summed E-state index contributed by atoms with van der Waals surface area (Å²) in [5, 5.41) is 5.97. The van der Waals surface area contributed by atoms with Gasteiger partial charge in [-0.05, 0) is 51.0 Å². The zero-order chi connectivity index (χ0) is 20.0. The van der Waals surface area contributed by atoms with E-state index >= 15 is 0 Å². The molecule has 3 rings (SSSR count). The summed E-state index contributed by atoms with van der Waals surface area (Å²) in [5.41, 5.74) is 0.860. The summed E-state index contributed by atoms with van der Waals surface area (Å²) in [7, 11) is 0. The molecule has 1 aromatic rings. The predicted molar refractivity (Wildman–Crippen MR) is 111 cm³/mol. The molecule has 2 aliphatic heterocycles. The molecule has 2 aliphatic rings. The van der Waals surface area contributed by atoms with Crippen molar-refractivity contribution in [3.8, 4) is 0 Å². The van der Waals surface area contributed by atoms with E-state index in [4.69, 9.17) is 0 Å². The van der Waals surface area contributed by atoms with Gasteiger partial charge in [0.2, 0.25) is 11.8 Å². The van der Waals surface area contributed by atoms with Crippen LogP contribution in [0.25, 0.3) is 0 Å². The minimum Gasteiger partial charge on any atom is -0.354 e. The third-order valence-corrected chi connectivity index (χ3v) is 6.22. The van der Waals surface area contributed by atoms with Crippen LogP contribution in [0.1, 0.15) is 38.7 Å². The average molecular weight is 387 g/mol. The van der Waals surface area contributed by atoms with Gasteiger partial charge in [-0.15, -0.1) is 0 Å². The number of nitrogens with one attached hydrogen (secondary N) is 2. The maximum Gasteiger partial charge on any atom is 0.242 e. The Labute approximate surface area is 168 Å². The van der Waals surface area contributed by atoms with Crippen LogP contribution < -0.4 is 10.6 Å². The molecular weight excluding hydrogens is 352 g/mol. The van der Waals surface area contributed by atoms with Gasteiger partial charge in [-0.1, -0.05) is 44.2 Å². The van der Waals surface area contributed by atoms with Gasteiger partial charge in [0.05, 0.1) is 5.41 Å². The molecule has 0 radical (unpaired) electrons. The Hall–Kier alpha value is -1.92. The average Bonchev–Trinajstić information content (AvgIpc) is 3.26. The van der Waals surface area contributed by atoms with Gasteiger partial charge in [-0.25, -0.2) is 0 Å². The van der Waals surface area contributed by atoms with Crippen molar-refractivity contribution in [3.63, 3.8) is 0 Å². The summed E-state index contributed by atoms with van der Waals surface area (Å²) in [6.07, 6.45) is 2.38. The molecule has 6 nitrogen and oxygen atoms in total. The quantitative estimate of drug-likeness (QED) is 0.633. The van der Waals surface area contributed by atoms with Crippen LogP contribution in [0.15, 0.2) is 30.3 Å². The van der Waals surface area contributed by atoms with Crippen molar-refractivity contribution in [2.75, 3.05) is 39.3 Å². The predicted octanol–water partition coefficient (Wildman–Crippen LogP) is 1.62. The molecule has 154 valence electrons. The fourth-order valence-electron chi connectivity index (χ4n) is 4.47. The summed E-state index contributed by atoms with van der Waals surface area (Å²) < 4.78 is 0. The molecule has 0 saturated carbocycles. The molecule has 2 saturated heterocycles. The number of rotatable bonds is 9. The fourth-order valence-corrected chi connectivity index (χ4v) is 4.47. The molecule has 2 atom stereocenters. The van der Waals surface area contributed by atoms with Crippen LogP contribution in [-0.2, 0) is 16.1 Å². The van der Waals surface area contributed by atoms with Crippen molar-refractivity contribution in [1.82, 2.24) is 20.4 Å². The first-order chi connectivity index (χ1) is 13.6. The van der Waals surface area contributed by atoms with Crippen LogP contribution in [0.5, 0.6) is 0 Å². The third-order valence-electron chi connectivity index (χ3n) is 6.22. The molecule has 28 heavy (non-hydrogen) atoms. The van der Waals surface area contributed by atoms with Crippen molar-refractivity contribution >= 4 is 11.8 Å². The highest BCUT2D eigenvalue weighted by Crippen LogP contribution is 2.40. The molecule has 0 aliphatic carbocycles. The molecule has 0 aromatic heterocycles. The highest BCUT2D eigenvalue weighted by molar-refractivity contribution is 5.94. The van der Waals surface area contributed by atoms with Crippen molar-refractivity contribution in [3.05, 3.63) is 35.9 Å². The molecular formula is C22H34N4O2. The maximum absolute atomic E-state index is 12.7. The Kier molecular flexibility index (Phi) is 7.08. The monoisotopic (exact) mass is 386 g/mol. The van der Waals surface area contributed by atoms with Crippen LogP contribution in [0.2, 0.25) is 0 Å². The first-order valence-corrected chi connectivity index (χ1v) is 10.6. The Morgan fingerprint density at radius 2 is 2.04 bits per heavy atom. The number of carbonyl (C=O) groups excluding carboxylic acids is 2. The second-order valence-electron chi connectivity index (χ2n) is 8.13. The second kappa shape index (κ2) is 9.52. The van der Waals surface area contributed by atoms with Crippen LogP contribution in [0.3, 0.4) is 0 Å². The first kappa shape index (κ1) is 20.8. The summed E-state index contributed by atoms with van der Waals surface area (Å²) >= 11 is 0. The number of amides is 2. The topological polar surface area (TPSA) is 64.7 Å². The third kappa shape index (κ3) is 4.92.